The molecule has 5 heteroatoms. The number of furan rings is 1. The van der Waals surface area contributed by atoms with Crippen LogP contribution < -0.4 is 5.32 Å². The second-order valence-corrected chi connectivity index (χ2v) is 5.10. The highest BCUT2D eigenvalue weighted by Crippen LogP contribution is 2.14. The Kier molecular flexibility index (Phi) is 3.79. The molecule has 4 nitrogen and oxygen atoms in total. The lowest BCUT2D eigenvalue weighted by Crippen LogP contribution is -2.40. The third-order valence-electron chi connectivity index (χ3n) is 1.44. The van der Waals surface area contributed by atoms with Crippen LogP contribution in [0.1, 0.15) is 26.5 Å². The highest BCUT2D eigenvalue weighted by atomic mass is 79.9. The second kappa shape index (κ2) is 4.70. The average molecular weight is 276 g/mol. The highest BCUT2D eigenvalue weighted by molar-refractivity contribution is 9.10. The van der Waals surface area contributed by atoms with E-state index in [0.29, 0.717) is 5.76 Å². The van der Waals surface area contributed by atoms with Gasteiger partial charge in [0, 0.05) is 5.54 Å². The number of halogens is 1. The smallest absolute Gasteiger partial charge is 0.407 e. The van der Waals surface area contributed by atoms with E-state index in [2.05, 4.69) is 21.2 Å². The van der Waals surface area contributed by atoms with E-state index in [0.717, 1.165) is 4.47 Å². The lowest BCUT2D eigenvalue weighted by molar-refractivity contribution is 0.123. The molecule has 0 bridgehead atoms. The number of carbonyl (C=O) groups excluding carboxylic acids is 1. The molecule has 0 aromatic carbocycles. The van der Waals surface area contributed by atoms with Crippen molar-refractivity contribution >= 4 is 22.0 Å². The van der Waals surface area contributed by atoms with E-state index in [9.17, 15) is 4.79 Å². The van der Waals surface area contributed by atoms with Crippen molar-refractivity contribution in [2.75, 3.05) is 0 Å². The van der Waals surface area contributed by atoms with Gasteiger partial charge in [-0.25, -0.2) is 4.79 Å². The van der Waals surface area contributed by atoms with Gasteiger partial charge in [-0.05, 0) is 42.8 Å². The van der Waals surface area contributed by atoms with Gasteiger partial charge < -0.3 is 14.5 Å². The van der Waals surface area contributed by atoms with Crippen LogP contribution in [0.4, 0.5) is 4.79 Å². The molecule has 84 valence electrons. The van der Waals surface area contributed by atoms with Crippen molar-refractivity contribution in [3.05, 3.63) is 22.6 Å². The Labute approximate surface area is 97.1 Å². The van der Waals surface area contributed by atoms with E-state index < -0.39 is 6.09 Å². The monoisotopic (exact) mass is 275 g/mol. The molecule has 0 radical (unpaired) electrons. The zero-order valence-electron chi connectivity index (χ0n) is 8.96. The standard InChI is InChI=1S/C10H14BrNO3/c1-10(2,3)12-9(13)15-6-8-4-7(11)5-14-8/h4-5H,6H2,1-3H3,(H,12,13). The third-order valence-corrected chi connectivity index (χ3v) is 1.86. The normalized spacial score (nSPS) is 11.2. The molecule has 1 N–H and O–H groups in total. The van der Waals surface area contributed by atoms with Gasteiger partial charge in [0.25, 0.3) is 0 Å². The van der Waals surface area contributed by atoms with Crippen LogP contribution in [0.15, 0.2) is 21.2 Å². The summed E-state index contributed by atoms with van der Waals surface area (Å²) in [5.41, 5.74) is -0.291. The number of alkyl carbamates (subject to hydrolysis) is 1. The molecule has 0 fully saturated rings. The Bertz CT molecular complexity index is 341. The van der Waals surface area contributed by atoms with Crippen molar-refractivity contribution in [3.8, 4) is 0 Å². The van der Waals surface area contributed by atoms with Crippen LogP contribution >= 0.6 is 15.9 Å². The number of hydrogen-bond donors (Lipinski definition) is 1. The van der Waals surface area contributed by atoms with Crippen LogP contribution in [0, 0.1) is 0 Å². The maximum atomic E-state index is 11.3. The minimum Gasteiger partial charge on any atom is -0.464 e. The number of rotatable bonds is 2. The zero-order valence-corrected chi connectivity index (χ0v) is 10.6. The van der Waals surface area contributed by atoms with Gasteiger partial charge >= 0.3 is 6.09 Å². The van der Waals surface area contributed by atoms with Crippen LogP contribution in [0.5, 0.6) is 0 Å². The van der Waals surface area contributed by atoms with E-state index in [1.54, 1.807) is 12.3 Å². The first kappa shape index (κ1) is 12.1. The van der Waals surface area contributed by atoms with Crippen LogP contribution in [-0.2, 0) is 11.3 Å². The first-order chi connectivity index (χ1) is 6.87. The molecule has 1 aromatic heterocycles. The molecule has 1 rings (SSSR count). The predicted molar refractivity (Wildman–Crippen MR) is 59.5 cm³/mol. The summed E-state index contributed by atoms with van der Waals surface area (Å²) in [6.07, 6.45) is 1.09. The van der Waals surface area contributed by atoms with Crippen molar-refractivity contribution in [2.45, 2.75) is 32.9 Å². The summed E-state index contributed by atoms with van der Waals surface area (Å²) in [5, 5.41) is 2.68. The molecule has 0 spiro atoms. The fourth-order valence-corrected chi connectivity index (χ4v) is 1.26. The molecule has 15 heavy (non-hydrogen) atoms. The van der Waals surface area contributed by atoms with Crippen molar-refractivity contribution < 1.29 is 13.9 Å². The molecule has 0 aliphatic carbocycles. The summed E-state index contributed by atoms with van der Waals surface area (Å²) in [5.74, 6) is 0.603. The van der Waals surface area contributed by atoms with Gasteiger partial charge in [0.1, 0.15) is 12.0 Å². The molecule has 0 unspecified atom stereocenters. The minimum absolute atomic E-state index is 0.132. The molecule has 1 heterocycles. The Morgan fingerprint density at radius 1 is 1.60 bits per heavy atom. The molecule has 0 aliphatic heterocycles. The predicted octanol–water partition coefficient (Wildman–Crippen LogP) is 3.07. The van der Waals surface area contributed by atoms with Crippen molar-refractivity contribution in [2.24, 2.45) is 0 Å². The van der Waals surface area contributed by atoms with E-state index in [1.807, 2.05) is 20.8 Å². The molecule has 0 saturated carbocycles. The Morgan fingerprint density at radius 3 is 2.73 bits per heavy atom. The summed E-state index contributed by atoms with van der Waals surface area (Å²) in [6, 6.07) is 1.75. The van der Waals surface area contributed by atoms with Gasteiger partial charge in [-0.15, -0.1) is 0 Å². The van der Waals surface area contributed by atoms with Crippen molar-refractivity contribution in [1.29, 1.82) is 0 Å². The topological polar surface area (TPSA) is 51.5 Å². The van der Waals surface area contributed by atoms with Crippen LogP contribution in [-0.4, -0.2) is 11.6 Å². The Balaban J connectivity index is 2.35. The van der Waals surface area contributed by atoms with Crippen molar-refractivity contribution in [1.82, 2.24) is 5.32 Å². The first-order valence-electron chi connectivity index (χ1n) is 4.55. The number of carbonyl (C=O) groups is 1. The van der Waals surface area contributed by atoms with Gasteiger partial charge in [0.15, 0.2) is 6.61 Å². The van der Waals surface area contributed by atoms with Crippen molar-refractivity contribution in [3.63, 3.8) is 0 Å². The van der Waals surface area contributed by atoms with E-state index >= 15 is 0 Å². The quantitative estimate of drug-likeness (QED) is 0.903. The van der Waals surface area contributed by atoms with Gasteiger partial charge in [0.2, 0.25) is 0 Å². The number of ether oxygens (including phenoxy) is 1. The van der Waals surface area contributed by atoms with Gasteiger partial charge in [0.05, 0.1) is 4.47 Å². The van der Waals surface area contributed by atoms with Crippen LogP contribution in [0.25, 0.3) is 0 Å². The number of amides is 1. The molecule has 0 aliphatic rings. The van der Waals surface area contributed by atoms with E-state index in [1.165, 1.54) is 0 Å². The second-order valence-electron chi connectivity index (χ2n) is 4.18. The zero-order chi connectivity index (χ0) is 11.5. The summed E-state index contributed by atoms with van der Waals surface area (Å²) in [6.45, 7) is 5.79. The Morgan fingerprint density at radius 2 is 2.27 bits per heavy atom. The summed E-state index contributed by atoms with van der Waals surface area (Å²) >= 11 is 3.24. The van der Waals surface area contributed by atoms with E-state index in [4.69, 9.17) is 9.15 Å². The lowest BCUT2D eigenvalue weighted by atomic mass is 10.1. The van der Waals surface area contributed by atoms with Gasteiger partial charge in [-0.3, -0.25) is 0 Å². The summed E-state index contributed by atoms with van der Waals surface area (Å²) in [4.78, 5) is 11.3. The number of hydrogen-bond acceptors (Lipinski definition) is 3. The molecule has 0 atom stereocenters. The van der Waals surface area contributed by atoms with Gasteiger partial charge in [-0.1, -0.05) is 0 Å². The van der Waals surface area contributed by atoms with Gasteiger partial charge in [-0.2, -0.15) is 0 Å². The fraction of sp³-hybridized carbons (Fsp3) is 0.500. The molecule has 1 aromatic rings. The van der Waals surface area contributed by atoms with E-state index in [-0.39, 0.29) is 12.1 Å². The molecule has 0 saturated heterocycles. The average Bonchev–Trinajstić information content (AvgIpc) is 2.45. The Hall–Kier alpha value is -0.970. The largest absolute Gasteiger partial charge is 0.464 e. The third kappa shape index (κ3) is 4.88. The number of nitrogens with one attached hydrogen (secondary N) is 1. The summed E-state index contributed by atoms with van der Waals surface area (Å²) in [7, 11) is 0. The maximum absolute atomic E-state index is 11.3. The highest BCUT2D eigenvalue weighted by Gasteiger charge is 2.14. The lowest BCUT2D eigenvalue weighted by Gasteiger charge is -2.19. The summed E-state index contributed by atoms with van der Waals surface area (Å²) < 4.78 is 10.9. The molecule has 1 amide bonds. The minimum atomic E-state index is -0.449. The molecular formula is C10H14BrNO3. The SMILES string of the molecule is CC(C)(C)NC(=O)OCc1cc(Br)co1. The first-order valence-corrected chi connectivity index (χ1v) is 5.34. The maximum Gasteiger partial charge on any atom is 0.407 e. The fourth-order valence-electron chi connectivity index (χ4n) is 0.908. The molecular weight excluding hydrogens is 262 g/mol. The van der Waals surface area contributed by atoms with Crippen LogP contribution in [0.3, 0.4) is 0 Å². The van der Waals surface area contributed by atoms with Crippen LogP contribution in [0.2, 0.25) is 0 Å².